The van der Waals surface area contributed by atoms with Gasteiger partial charge in [0.25, 0.3) is 0 Å². The number of hydrogen-bond acceptors (Lipinski definition) is 4. The number of aryl methyl sites for hydroxylation is 1. The first-order valence-corrected chi connectivity index (χ1v) is 16.1. The molecule has 9 heteroatoms. The molecule has 8 bridgehead atoms. The van der Waals surface area contributed by atoms with Gasteiger partial charge < -0.3 is 0 Å². The van der Waals surface area contributed by atoms with Crippen LogP contribution in [0.5, 0.6) is 0 Å². The van der Waals surface area contributed by atoms with Gasteiger partial charge in [0.1, 0.15) is 0 Å². The Hall–Kier alpha value is -3.49. The second-order valence-electron chi connectivity index (χ2n) is 17.2. The quantitative estimate of drug-likeness (QED) is 0.221. The van der Waals surface area contributed by atoms with Crippen molar-refractivity contribution in [3.05, 3.63) is 81.7 Å². The van der Waals surface area contributed by atoms with Crippen LogP contribution < -0.4 is 0 Å². The first-order valence-electron chi connectivity index (χ1n) is 16.1. The monoisotopic (exact) mass is 634 g/mol. The molecule has 4 aromatic heterocycles. The summed E-state index contributed by atoms with van der Waals surface area (Å²) >= 11 is 0. The zero-order valence-corrected chi connectivity index (χ0v) is 29.7. The second kappa shape index (κ2) is 10.5. The van der Waals surface area contributed by atoms with Gasteiger partial charge in [-0.05, 0) is 79.8 Å². The molecule has 6 nitrogen and oxygen atoms in total. The number of halogens is 3. The van der Waals surface area contributed by atoms with Crippen LogP contribution in [0, 0.1) is 17.8 Å². The van der Waals surface area contributed by atoms with Crippen LogP contribution in [0.3, 0.4) is 0 Å². The number of nitrogens with zero attached hydrogens (tertiary/aromatic N) is 6. The maximum Gasteiger partial charge on any atom is 0.435 e. The third-order valence-electron chi connectivity index (χ3n) is 9.75. The van der Waals surface area contributed by atoms with Crippen molar-refractivity contribution >= 4 is 0 Å². The van der Waals surface area contributed by atoms with Gasteiger partial charge in [0.2, 0.25) is 0 Å². The topological polar surface area (TPSA) is 61.4 Å². The molecule has 0 unspecified atom stereocenters. The molecule has 5 rings (SSSR count). The molecule has 0 aliphatic carbocycles. The van der Waals surface area contributed by atoms with E-state index in [2.05, 4.69) is 78.7 Å². The lowest BCUT2D eigenvalue weighted by molar-refractivity contribution is -0.142. The zero-order chi connectivity index (χ0) is 34.4. The van der Waals surface area contributed by atoms with Crippen molar-refractivity contribution in [3.63, 3.8) is 0 Å². The molecule has 0 saturated carbocycles. The van der Waals surface area contributed by atoms with E-state index < -0.39 is 28.1 Å². The number of aromatic nitrogens is 6. The Labute approximate surface area is 271 Å². The van der Waals surface area contributed by atoms with Crippen LogP contribution in [0.4, 0.5) is 13.2 Å². The van der Waals surface area contributed by atoms with Crippen molar-refractivity contribution in [2.24, 2.45) is 10.8 Å². The van der Waals surface area contributed by atoms with E-state index in [0.29, 0.717) is 23.8 Å². The molecule has 0 aromatic carbocycles. The normalized spacial score (nSPS) is 17.4. The lowest BCUT2D eigenvalue weighted by Crippen LogP contribution is -2.41. The predicted molar refractivity (Wildman–Crippen MR) is 177 cm³/mol. The summed E-state index contributed by atoms with van der Waals surface area (Å²) in [6, 6.07) is 8.17. The molecule has 0 fully saturated rings. The van der Waals surface area contributed by atoms with E-state index in [-0.39, 0.29) is 16.4 Å². The number of alkyl halides is 3. The summed E-state index contributed by atoms with van der Waals surface area (Å²) < 4.78 is 47.5. The van der Waals surface area contributed by atoms with Crippen LogP contribution in [-0.4, -0.2) is 29.5 Å². The molecule has 0 radical (unpaired) electrons. The molecule has 1 aliphatic heterocycles. The first-order chi connectivity index (χ1) is 20.8. The Morgan fingerprint density at radius 1 is 0.630 bits per heavy atom. The molecule has 0 atom stereocenters. The summed E-state index contributed by atoms with van der Waals surface area (Å²) in [6.07, 6.45) is 0.352. The highest BCUT2D eigenvalue weighted by molar-refractivity contribution is 5.45. The van der Waals surface area contributed by atoms with Gasteiger partial charge in [-0.1, -0.05) is 69.2 Å². The van der Waals surface area contributed by atoms with E-state index in [4.69, 9.17) is 15.1 Å². The fourth-order valence-corrected chi connectivity index (χ4v) is 6.60. The largest absolute Gasteiger partial charge is 0.435 e. The summed E-state index contributed by atoms with van der Waals surface area (Å²) in [6.45, 7) is 26.8. The van der Waals surface area contributed by atoms with Gasteiger partial charge in [0.05, 0.1) is 17.1 Å². The van der Waals surface area contributed by atoms with Gasteiger partial charge in [0.15, 0.2) is 17.3 Å². The third-order valence-corrected chi connectivity index (χ3v) is 9.75. The van der Waals surface area contributed by atoms with Crippen LogP contribution in [0.1, 0.15) is 128 Å². The molecule has 0 amide bonds. The number of rotatable bonds is 2. The highest BCUT2D eigenvalue weighted by Gasteiger charge is 2.49. The van der Waals surface area contributed by atoms with E-state index in [1.54, 1.807) is 4.68 Å². The second-order valence-corrected chi connectivity index (χ2v) is 17.2. The minimum atomic E-state index is -4.66. The maximum atomic E-state index is 14.8. The highest BCUT2D eigenvalue weighted by Crippen LogP contribution is 2.48. The SMILES string of the molecule is Cc1nn2cc1C(C)(C)C(C)(C)c1cn(nc1C(F)(F)F)-c1cc(CC(C)(C)C)cc(n1)C(C)(C)c1cc(CC(C)(C)C)cc-2n1. The Bertz CT molecular complexity index is 1790. The van der Waals surface area contributed by atoms with Crippen molar-refractivity contribution in [2.75, 3.05) is 0 Å². The van der Waals surface area contributed by atoms with Crippen LogP contribution in [0.2, 0.25) is 0 Å². The Morgan fingerprint density at radius 3 is 1.48 bits per heavy atom. The number of hydrogen-bond donors (Lipinski definition) is 0. The van der Waals surface area contributed by atoms with Crippen LogP contribution in [0.25, 0.3) is 11.6 Å². The Morgan fingerprint density at radius 2 is 1.04 bits per heavy atom. The average molecular weight is 635 g/mol. The fraction of sp³-hybridized carbons (Fsp3) is 0.568. The van der Waals surface area contributed by atoms with Gasteiger partial charge in [0, 0.05) is 39.8 Å². The summed E-state index contributed by atoms with van der Waals surface area (Å²) in [5.74, 6) is 1.04. The molecule has 0 N–H and O–H groups in total. The average Bonchev–Trinajstić information content (AvgIpc) is 3.51. The van der Waals surface area contributed by atoms with Crippen molar-refractivity contribution in [3.8, 4) is 11.6 Å². The molecule has 46 heavy (non-hydrogen) atoms. The molecule has 0 spiro atoms. The minimum Gasteiger partial charge on any atom is -0.233 e. The van der Waals surface area contributed by atoms with E-state index in [0.717, 1.165) is 34.5 Å². The minimum absolute atomic E-state index is 0.0296. The number of fused-ring (bicyclic) bond motifs is 10. The molecular weight excluding hydrogens is 585 g/mol. The van der Waals surface area contributed by atoms with Gasteiger partial charge in [-0.15, -0.1) is 0 Å². The van der Waals surface area contributed by atoms with Crippen molar-refractivity contribution < 1.29 is 13.2 Å². The number of pyridine rings is 2. The molecular formula is C37H49F3N6. The van der Waals surface area contributed by atoms with E-state index in [9.17, 15) is 13.2 Å². The molecule has 0 saturated heterocycles. The van der Waals surface area contributed by atoms with Crippen molar-refractivity contribution in [2.45, 2.75) is 125 Å². The van der Waals surface area contributed by atoms with Crippen LogP contribution in [-0.2, 0) is 35.3 Å². The van der Waals surface area contributed by atoms with Gasteiger partial charge in [-0.3, -0.25) is 0 Å². The molecule has 1 aliphatic rings. The summed E-state index contributed by atoms with van der Waals surface area (Å²) in [4.78, 5) is 10.2. The van der Waals surface area contributed by atoms with E-state index >= 15 is 0 Å². The molecule has 248 valence electrons. The highest BCUT2D eigenvalue weighted by atomic mass is 19.4. The maximum absolute atomic E-state index is 14.8. The van der Waals surface area contributed by atoms with E-state index in [1.165, 1.54) is 10.9 Å². The smallest absolute Gasteiger partial charge is 0.233 e. The first kappa shape index (κ1) is 33.9. The van der Waals surface area contributed by atoms with Gasteiger partial charge in [-0.25, -0.2) is 19.3 Å². The summed E-state index contributed by atoms with van der Waals surface area (Å²) in [7, 11) is 0. The third kappa shape index (κ3) is 6.14. The van der Waals surface area contributed by atoms with Gasteiger partial charge in [-0.2, -0.15) is 23.4 Å². The Balaban J connectivity index is 1.92. The van der Waals surface area contributed by atoms with Gasteiger partial charge >= 0.3 is 6.18 Å². The fourth-order valence-electron chi connectivity index (χ4n) is 6.60. The summed E-state index contributed by atoms with van der Waals surface area (Å²) in [5.41, 5.74) is 1.94. The predicted octanol–water partition coefficient (Wildman–Crippen LogP) is 9.25. The summed E-state index contributed by atoms with van der Waals surface area (Å²) in [5, 5.41) is 9.13. The lowest BCUT2D eigenvalue weighted by Gasteiger charge is -2.42. The van der Waals surface area contributed by atoms with E-state index in [1.807, 2.05) is 46.9 Å². The standard InChI is InChI=1S/C37H49F3N6/c1-22-25-20-45(43-22)29-16-23(18-32(2,3)4)14-27(41-29)34(8,9)28-15-24(19-33(5,6)7)17-30(42-28)46-21-26(31(44-46)37(38,39)40)36(12,13)35(25,10)11/h14-17,20-21H,18-19H2,1-13H3. The molecule has 4 aromatic rings. The van der Waals surface area contributed by atoms with Crippen LogP contribution in [0.15, 0.2) is 36.7 Å². The zero-order valence-electron chi connectivity index (χ0n) is 29.7. The van der Waals surface area contributed by atoms with Crippen LogP contribution >= 0.6 is 0 Å². The lowest BCUT2D eigenvalue weighted by atomic mass is 9.61. The molecule has 5 heterocycles. The van der Waals surface area contributed by atoms with Crippen molar-refractivity contribution in [1.29, 1.82) is 0 Å². The Kier molecular flexibility index (Phi) is 7.74. The van der Waals surface area contributed by atoms with Crippen molar-refractivity contribution in [1.82, 2.24) is 29.5 Å².